The molecule has 104 valence electrons. The zero-order valence-corrected chi connectivity index (χ0v) is 12.1. The second-order valence-corrected chi connectivity index (χ2v) is 6.29. The molecular weight excluding hydrogens is 268 g/mol. The predicted octanol–water partition coefficient (Wildman–Crippen LogP) is 3.06. The summed E-state index contributed by atoms with van der Waals surface area (Å²) < 4.78 is 0. The van der Waals surface area contributed by atoms with Crippen molar-refractivity contribution in [3.63, 3.8) is 0 Å². The van der Waals surface area contributed by atoms with Gasteiger partial charge in [-0.3, -0.25) is 4.79 Å². The van der Waals surface area contributed by atoms with Crippen LogP contribution in [0.2, 0.25) is 0 Å². The molecule has 3 rings (SSSR count). The molecule has 0 radical (unpaired) electrons. The van der Waals surface area contributed by atoms with Crippen LogP contribution in [-0.2, 0) is 17.8 Å². The molecule has 0 unspecified atom stereocenters. The van der Waals surface area contributed by atoms with E-state index in [2.05, 4.69) is 11.4 Å². The van der Waals surface area contributed by atoms with Crippen LogP contribution in [0.15, 0.2) is 41.8 Å². The van der Waals surface area contributed by atoms with Gasteiger partial charge in [-0.05, 0) is 42.0 Å². The van der Waals surface area contributed by atoms with Crippen molar-refractivity contribution in [2.24, 2.45) is 0 Å². The average Bonchev–Trinajstić information content (AvgIpc) is 3.12. The van der Waals surface area contributed by atoms with Gasteiger partial charge in [0.2, 0.25) is 5.91 Å². The van der Waals surface area contributed by atoms with Gasteiger partial charge in [0.25, 0.3) is 0 Å². The van der Waals surface area contributed by atoms with Crippen LogP contribution in [0, 0.1) is 0 Å². The summed E-state index contributed by atoms with van der Waals surface area (Å²) in [5, 5.41) is 2.06. The smallest absolute Gasteiger partial charge is 0.227 e. The molecule has 0 aliphatic heterocycles. The molecule has 1 aromatic carbocycles. The van der Waals surface area contributed by atoms with Crippen molar-refractivity contribution >= 4 is 22.9 Å². The highest BCUT2D eigenvalue weighted by atomic mass is 32.1. The molecule has 2 N–H and O–H groups in total. The monoisotopic (exact) mass is 286 g/mol. The van der Waals surface area contributed by atoms with Gasteiger partial charge in [-0.15, -0.1) is 11.3 Å². The van der Waals surface area contributed by atoms with Gasteiger partial charge in [-0.2, -0.15) is 0 Å². The second-order valence-electron chi connectivity index (χ2n) is 5.25. The van der Waals surface area contributed by atoms with Crippen LogP contribution in [0.4, 0.5) is 5.69 Å². The molecule has 0 atom stereocenters. The predicted molar refractivity (Wildman–Crippen MR) is 82.4 cm³/mol. The number of thiophene rings is 1. The summed E-state index contributed by atoms with van der Waals surface area (Å²) in [4.78, 5) is 15.8. The third-order valence-corrected chi connectivity index (χ3v) is 4.38. The summed E-state index contributed by atoms with van der Waals surface area (Å²) in [6.45, 7) is 0.740. The molecule has 1 aliphatic carbocycles. The van der Waals surface area contributed by atoms with E-state index in [1.54, 1.807) is 11.3 Å². The number of nitrogens with zero attached hydrogens (tertiary/aromatic N) is 1. The van der Waals surface area contributed by atoms with Crippen LogP contribution < -0.4 is 5.73 Å². The number of anilines is 1. The normalized spacial score (nSPS) is 14.2. The highest BCUT2D eigenvalue weighted by molar-refractivity contribution is 7.09. The van der Waals surface area contributed by atoms with E-state index in [1.807, 2.05) is 35.2 Å². The van der Waals surface area contributed by atoms with Gasteiger partial charge >= 0.3 is 0 Å². The first kappa shape index (κ1) is 13.2. The Balaban J connectivity index is 1.69. The second kappa shape index (κ2) is 5.67. The molecule has 0 bridgehead atoms. The van der Waals surface area contributed by atoms with Crippen LogP contribution in [0.1, 0.15) is 23.3 Å². The van der Waals surface area contributed by atoms with Crippen LogP contribution in [0.3, 0.4) is 0 Å². The maximum Gasteiger partial charge on any atom is 0.227 e. The number of amides is 1. The minimum Gasteiger partial charge on any atom is -0.399 e. The summed E-state index contributed by atoms with van der Waals surface area (Å²) in [5.41, 5.74) is 7.48. The molecule has 1 saturated carbocycles. The van der Waals surface area contributed by atoms with E-state index in [0.717, 1.165) is 24.9 Å². The Kier molecular flexibility index (Phi) is 3.74. The summed E-state index contributed by atoms with van der Waals surface area (Å²) in [6.07, 6.45) is 2.70. The zero-order chi connectivity index (χ0) is 13.9. The molecule has 1 fully saturated rings. The van der Waals surface area contributed by atoms with Crippen LogP contribution >= 0.6 is 11.3 Å². The number of nitrogen functional groups attached to an aromatic ring is 1. The summed E-state index contributed by atoms with van der Waals surface area (Å²) in [7, 11) is 0. The molecule has 3 nitrogen and oxygen atoms in total. The Hall–Kier alpha value is -1.81. The van der Waals surface area contributed by atoms with Crippen LogP contribution in [-0.4, -0.2) is 16.8 Å². The highest BCUT2D eigenvalue weighted by Gasteiger charge is 2.32. The van der Waals surface area contributed by atoms with Gasteiger partial charge in [0, 0.05) is 16.6 Å². The number of hydrogen-bond acceptors (Lipinski definition) is 3. The van der Waals surface area contributed by atoms with Gasteiger partial charge in [0.15, 0.2) is 0 Å². The molecule has 1 aliphatic rings. The SMILES string of the molecule is Nc1cccc(CC(=O)N(Cc2cccs2)C2CC2)c1. The lowest BCUT2D eigenvalue weighted by atomic mass is 10.1. The Morgan fingerprint density at radius 1 is 1.30 bits per heavy atom. The lowest BCUT2D eigenvalue weighted by Crippen LogP contribution is -2.33. The van der Waals surface area contributed by atoms with Gasteiger partial charge in [-0.1, -0.05) is 18.2 Å². The zero-order valence-electron chi connectivity index (χ0n) is 11.3. The van der Waals surface area contributed by atoms with Gasteiger partial charge in [0.1, 0.15) is 0 Å². The third-order valence-electron chi connectivity index (χ3n) is 3.52. The van der Waals surface area contributed by atoms with Crippen molar-refractivity contribution in [3.05, 3.63) is 52.2 Å². The molecule has 1 heterocycles. The number of carbonyl (C=O) groups excluding carboxylic acids is 1. The van der Waals surface area contributed by atoms with Crippen molar-refractivity contribution < 1.29 is 4.79 Å². The van der Waals surface area contributed by atoms with Crippen molar-refractivity contribution in [1.82, 2.24) is 4.90 Å². The maximum atomic E-state index is 12.5. The molecule has 4 heteroatoms. The fourth-order valence-corrected chi connectivity index (χ4v) is 3.06. The number of rotatable bonds is 5. The van der Waals surface area contributed by atoms with E-state index in [1.165, 1.54) is 4.88 Å². The molecular formula is C16H18N2OS. The number of hydrogen-bond donors (Lipinski definition) is 1. The van der Waals surface area contributed by atoms with E-state index in [-0.39, 0.29) is 5.91 Å². The molecule has 2 aromatic rings. The topological polar surface area (TPSA) is 46.3 Å². The third kappa shape index (κ3) is 3.20. The quantitative estimate of drug-likeness (QED) is 0.859. The molecule has 1 aromatic heterocycles. The van der Waals surface area contributed by atoms with Crippen LogP contribution in [0.5, 0.6) is 0 Å². The van der Waals surface area contributed by atoms with Gasteiger partial charge in [-0.25, -0.2) is 0 Å². The Bertz CT molecular complexity index is 590. The number of carbonyl (C=O) groups is 1. The summed E-state index contributed by atoms with van der Waals surface area (Å²) in [6, 6.07) is 12.2. The highest BCUT2D eigenvalue weighted by Crippen LogP contribution is 2.29. The van der Waals surface area contributed by atoms with E-state index in [4.69, 9.17) is 5.73 Å². The first-order valence-electron chi connectivity index (χ1n) is 6.88. The first-order chi connectivity index (χ1) is 9.72. The van der Waals surface area contributed by atoms with Gasteiger partial charge < -0.3 is 10.6 Å². The van der Waals surface area contributed by atoms with Crippen molar-refractivity contribution in [2.75, 3.05) is 5.73 Å². The number of nitrogens with two attached hydrogens (primary N) is 1. The molecule has 20 heavy (non-hydrogen) atoms. The van der Waals surface area contributed by atoms with Crippen LogP contribution in [0.25, 0.3) is 0 Å². The van der Waals surface area contributed by atoms with E-state index in [0.29, 0.717) is 18.2 Å². The fraction of sp³-hybridized carbons (Fsp3) is 0.312. The Morgan fingerprint density at radius 3 is 2.80 bits per heavy atom. The van der Waals surface area contributed by atoms with Crippen molar-refractivity contribution in [3.8, 4) is 0 Å². The van der Waals surface area contributed by atoms with Crippen molar-refractivity contribution in [2.45, 2.75) is 31.8 Å². The molecule has 1 amide bonds. The van der Waals surface area contributed by atoms with E-state index in [9.17, 15) is 4.79 Å². The molecule has 0 spiro atoms. The maximum absolute atomic E-state index is 12.5. The summed E-state index contributed by atoms with van der Waals surface area (Å²) in [5.74, 6) is 0.200. The minimum atomic E-state index is 0.200. The fourth-order valence-electron chi connectivity index (χ4n) is 2.36. The van der Waals surface area contributed by atoms with Crippen molar-refractivity contribution in [1.29, 1.82) is 0 Å². The first-order valence-corrected chi connectivity index (χ1v) is 7.76. The van der Waals surface area contributed by atoms with Gasteiger partial charge in [0.05, 0.1) is 13.0 Å². The molecule has 0 saturated heterocycles. The van der Waals surface area contributed by atoms with E-state index < -0.39 is 0 Å². The minimum absolute atomic E-state index is 0.200. The van der Waals surface area contributed by atoms with E-state index >= 15 is 0 Å². The summed E-state index contributed by atoms with van der Waals surface area (Å²) >= 11 is 1.71. The Labute approximate surface area is 123 Å². The number of benzene rings is 1. The lowest BCUT2D eigenvalue weighted by Gasteiger charge is -2.22. The lowest BCUT2D eigenvalue weighted by molar-refractivity contribution is -0.131. The largest absolute Gasteiger partial charge is 0.399 e. The Morgan fingerprint density at radius 2 is 2.15 bits per heavy atom. The standard InChI is InChI=1S/C16H18N2OS/c17-13-4-1-3-12(9-13)10-16(19)18(14-6-7-14)11-15-5-2-8-20-15/h1-5,8-9,14H,6-7,10-11,17H2. The average molecular weight is 286 g/mol.